The first-order chi connectivity index (χ1) is 9.79. The Morgan fingerprint density at radius 3 is 2.60 bits per heavy atom. The highest BCUT2D eigenvalue weighted by molar-refractivity contribution is 7.09. The van der Waals surface area contributed by atoms with Crippen LogP contribution in [-0.2, 0) is 13.1 Å². The van der Waals surface area contributed by atoms with Gasteiger partial charge >= 0.3 is 0 Å². The Morgan fingerprint density at radius 2 is 1.95 bits per heavy atom. The van der Waals surface area contributed by atoms with E-state index in [0.717, 1.165) is 23.8 Å². The van der Waals surface area contributed by atoms with E-state index in [1.807, 2.05) is 6.92 Å². The van der Waals surface area contributed by atoms with Crippen molar-refractivity contribution in [2.45, 2.75) is 32.9 Å². The molecule has 20 heavy (non-hydrogen) atoms. The summed E-state index contributed by atoms with van der Waals surface area (Å²) in [6, 6.07) is 8.80. The van der Waals surface area contributed by atoms with Gasteiger partial charge in [0.05, 0.1) is 6.54 Å². The lowest BCUT2D eigenvalue weighted by molar-refractivity contribution is 0.331. The van der Waals surface area contributed by atoms with Crippen LogP contribution in [0.3, 0.4) is 0 Å². The summed E-state index contributed by atoms with van der Waals surface area (Å²) in [7, 11) is 0. The van der Waals surface area contributed by atoms with Crippen LogP contribution >= 0.6 is 11.3 Å². The van der Waals surface area contributed by atoms with Crippen molar-refractivity contribution in [3.63, 3.8) is 0 Å². The van der Waals surface area contributed by atoms with E-state index in [-0.39, 0.29) is 0 Å². The van der Waals surface area contributed by atoms with Crippen molar-refractivity contribution in [1.29, 1.82) is 0 Å². The Morgan fingerprint density at radius 1 is 1.20 bits per heavy atom. The van der Waals surface area contributed by atoms with Crippen molar-refractivity contribution in [2.24, 2.45) is 0 Å². The minimum Gasteiger partial charge on any atom is -0.379 e. The lowest BCUT2D eigenvalue weighted by atomic mass is 10.2. The average Bonchev–Trinajstić information content (AvgIpc) is 3.10. The minimum atomic E-state index is 0.810. The van der Waals surface area contributed by atoms with E-state index in [4.69, 9.17) is 0 Å². The van der Waals surface area contributed by atoms with Crippen LogP contribution in [0.4, 0.5) is 5.69 Å². The highest BCUT2D eigenvalue weighted by Crippen LogP contribution is 2.16. The summed E-state index contributed by atoms with van der Waals surface area (Å²) in [4.78, 5) is 6.99. The van der Waals surface area contributed by atoms with E-state index in [9.17, 15) is 0 Å². The van der Waals surface area contributed by atoms with Crippen LogP contribution in [0.15, 0.2) is 29.6 Å². The third kappa shape index (κ3) is 3.58. The lowest BCUT2D eigenvalue weighted by Crippen LogP contribution is -2.18. The van der Waals surface area contributed by atoms with Crippen molar-refractivity contribution in [1.82, 2.24) is 9.88 Å². The van der Waals surface area contributed by atoms with Crippen LogP contribution in [0.1, 0.15) is 29.1 Å². The fourth-order valence-electron chi connectivity index (χ4n) is 2.59. The zero-order valence-electron chi connectivity index (χ0n) is 11.9. The number of hydrogen-bond donors (Lipinski definition) is 1. The van der Waals surface area contributed by atoms with Gasteiger partial charge in [0.25, 0.3) is 0 Å². The second kappa shape index (κ2) is 6.37. The second-order valence-electron chi connectivity index (χ2n) is 5.42. The average molecular weight is 287 g/mol. The van der Waals surface area contributed by atoms with E-state index in [0.29, 0.717) is 0 Å². The maximum absolute atomic E-state index is 4.46. The van der Waals surface area contributed by atoms with Gasteiger partial charge in [-0.25, -0.2) is 4.98 Å². The van der Waals surface area contributed by atoms with Crippen LogP contribution in [0, 0.1) is 6.92 Å². The molecule has 1 fully saturated rings. The summed E-state index contributed by atoms with van der Waals surface area (Å²) in [5.74, 6) is 0. The molecule has 106 valence electrons. The molecule has 4 heteroatoms. The van der Waals surface area contributed by atoms with Gasteiger partial charge in [0.1, 0.15) is 5.01 Å². The van der Waals surface area contributed by atoms with Crippen LogP contribution in [0.2, 0.25) is 0 Å². The van der Waals surface area contributed by atoms with Gasteiger partial charge in [-0.1, -0.05) is 12.1 Å². The SMILES string of the molecule is Cc1csc(CNc2ccc(CN3CCCC3)cc2)n1. The maximum Gasteiger partial charge on any atom is 0.112 e. The highest BCUT2D eigenvalue weighted by atomic mass is 32.1. The molecule has 0 spiro atoms. The van der Waals surface area contributed by atoms with Crippen molar-refractivity contribution < 1.29 is 0 Å². The molecule has 1 aliphatic rings. The summed E-state index contributed by atoms with van der Waals surface area (Å²) >= 11 is 1.71. The van der Waals surface area contributed by atoms with Gasteiger partial charge in [-0.2, -0.15) is 0 Å². The highest BCUT2D eigenvalue weighted by Gasteiger charge is 2.11. The number of anilines is 1. The molecule has 0 atom stereocenters. The normalized spacial score (nSPS) is 15.7. The molecule has 0 unspecified atom stereocenters. The number of aromatic nitrogens is 1. The molecule has 2 heterocycles. The molecule has 2 aromatic rings. The minimum absolute atomic E-state index is 0.810. The van der Waals surface area contributed by atoms with Gasteiger partial charge in [0, 0.05) is 23.3 Å². The number of nitrogens with zero attached hydrogens (tertiary/aromatic N) is 2. The van der Waals surface area contributed by atoms with Crippen molar-refractivity contribution >= 4 is 17.0 Å². The number of nitrogens with one attached hydrogen (secondary N) is 1. The monoisotopic (exact) mass is 287 g/mol. The van der Waals surface area contributed by atoms with Gasteiger partial charge in [-0.05, 0) is 50.6 Å². The zero-order chi connectivity index (χ0) is 13.8. The summed E-state index contributed by atoms with van der Waals surface area (Å²) in [6.07, 6.45) is 2.71. The predicted octanol–water partition coefficient (Wildman–Crippen LogP) is 3.66. The first-order valence-electron chi connectivity index (χ1n) is 7.26. The summed E-state index contributed by atoms with van der Waals surface area (Å²) in [6.45, 7) is 6.44. The molecule has 0 amide bonds. The third-order valence-corrected chi connectivity index (χ3v) is 4.64. The fourth-order valence-corrected chi connectivity index (χ4v) is 3.30. The quantitative estimate of drug-likeness (QED) is 0.909. The molecule has 1 aromatic carbocycles. The Hall–Kier alpha value is -1.39. The number of benzene rings is 1. The van der Waals surface area contributed by atoms with E-state index in [1.54, 1.807) is 11.3 Å². The molecule has 0 radical (unpaired) electrons. The van der Waals surface area contributed by atoms with E-state index < -0.39 is 0 Å². The number of rotatable bonds is 5. The number of aryl methyl sites for hydroxylation is 1. The third-order valence-electron chi connectivity index (χ3n) is 3.67. The molecule has 3 rings (SSSR count). The first-order valence-corrected chi connectivity index (χ1v) is 8.14. The maximum atomic E-state index is 4.46. The first kappa shape index (κ1) is 13.6. The van der Waals surface area contributed by atoms with Gasteiger partial charge in [-0.3, -0.25) is 4.90 Å². The molecular weight excluding hydrogens is 266 g/mol. The molecule has 1 aliphatic heterocycles. The number of hydrogen-bond acceptors (Lipinski definition) is 4. The van der Waals surface area contributed by atoms with Gasteiger partial charge < -0.3 is 5.32 Å². The van der Waals surface area contributed by atoms with Crippen LogP contribution in [0.5, 0.6) is 0 Å². The number of thiazole rings is 1. The summed E-state index contributed by atoms with van der Waals surface area (Å²) in [5, 5.41) is 6.67. The molecule has 0 saturated carbocycles. The summed E-state index contributed by atoms with van der Waals surface area (Å²) < 4.78 is 0. The molecule has 0 bridgehead atoms. The van der Waals surface area contributed by atoms with Crippen LogP contribution in [-0.4, -0.2) is 23.0 Å². The van der Waals surface area contributed by atoms with Gasteiger partial charge in [0.15, 0.2) is 0 Å². The largest absolute Gasteiger partial charge is 0.379 e. The van der Waals surface area contributed by atoms with Crippen LogP contribution < -0.4 is 5.32 Å². The van der Waals surface area contributed by atoms with Crippen LogP contribution in [0.25, 0.3) is 0 Å². The molecule has 1 aromatic heterocycles. The summed E-state index contributed by atoms with van der Waals surface area (Å²) in [5.41, 5.74) is 3.68. The van der Waals surface area contributed by atoms with Crippen molar-refractivity contribution in [3.8, 4) is 0 Å². The van der Waals surface area contributed by atoms with E-state index >= 15 is 0 Å². The topological polar surface area (TPSA) is 28.2 Å². The zero-order valence-corrected chi connectivity index (χ0v) is 12.7. The van der Waals surface area contributed by atoms with Gasteiger partial charge in [0.2, 0.25) is 0 Å². The Labute approximate surface area is 124 Å². The lowest BCUT2D eigenvalue weighted by Gasteiger charge is -2.14. The molecule has 3 nitrogen and oxygen atoms in total. The Balaban J connectivity index is 1.52. The van der Waals surface area contributed by atoms with Gasteiger partial charge in [-0.15, -0.1) is 11.3 Å². The molecule has 0 aliphatic carbocycles. The predicted molar refractivity (Wildman–Crippen MR) is 85.1 cm³/mol. The fraction of sp³-hybridized carbons (Fsp3) is 0.438. The standard InChI is InChI=1S/C16H21N3S/c1-13-12-20-16(18-13)10-17-15-6-4-14(5-7-15)11-19-8-2-3-9-19/h4-7,12,17H,2-3,8-11H2,1H3. The molecule has 1 N–H and O–H groups in total. The smallest absolute Gasteiger partial charge is 0.112 e. The van der Waals surface area contributed by atoms with Crippen molar-refractivity contribution in [3.05, 3.63) is 45.9 Å². The molecular formula is C16H21N3S. The Bertz CT molecular complexity index is 541. The van der Waals surface area contributed by atoms with E-state index in [1.165, 1.54) is 37.2 Å². The van der Waals surface area contributed by atoms with E-state index in [2.05, 4.69) is 44.8 Å². The molecule has 1 saturated heterocycles. The number of likely N-dealkylation sites (tertiary alicyclic amines) is 1. The second-order valence-corrected chi connectivity index (χ2v) is 6.36. The Kier molecular flexibility index (Phi) is 4.33. The van der Waals surface area contributed by atoms with Crippen molar-refractivity contribution in [2.75, 3.05) is 18.4 Å².